The Bertz CT molecular complexity index is 861. The van der Waals surface area contributed by atoms with Crippen molar-refractivity contribution >= 4 is 11.7 Å². The number of unbranched alkanes of at least 4 members (excludes halogenated alkanes) is 1. The van der Waals surface area contributed by atoms with Gasteiger partial charge >= 0.3 is 0 Å². The number of methoxy groups -OCH3 is 1. The Hall–Kier alpha value is -2.50. The van der Waals surface area contributed by atoms with Crippen molar-refractivity contribution < 1.29 is 23.8 Å². The summed E-state index contributed by atoms with van der Waals surface area (Å²) in [4.78, 5) is 28.3. The first-order chi connectivity index (χ1) is 14.6. The van der Waals surface area contributed by atoms with E-state index >= 15 is 0 Å². The molecule has 1 aromatic carbocycles. The molecule has 1 amide bonds. The summed E-state index contributed by atoms with van der Waals surface area (Å²) >= 11 is 0. The fraction of sp³-hybridized carbons (Fsp3) is 0.583. The number of carbonyl (C=O) groups is 2. The number of hydrogen-bond acceptors (Lipinski definition) is 5. The zero-order valence-corrected chi connectivity index (χ0v) is 18.1. The molecular weight excluding hydrogens is 382 g/mol. The summed E-state index contributed by atoms with van der Waals surface area (Å²) < 4.78 is 17.5. The van der Waals surface area contributed by atoms with E-state index in [1.165, 1.54) is 0 Å². The summed E-state index contributed by atoms with van der Waals surface area (Å²) in [6.45, 7) is 5.17. The van der Waals surface area contributed by atoms with E-state index in [9.17, 15) is 9.59 Å². The number of carbonyl (C=O) groups excluding carboxylic acids is 2. The number of nitrogens with zero attached hydrogens (tertiary/aromatic N) is 1. The maximum absolute atomic E-state index is 13.5. The Labute approximate surface area is 178 Å². The van der Waals surface area contributed by atoms with Crippen molar-refractivity contribution in [2.45, 2.75) is 64.5 Å². The fourth-order valence-electron chi connectivity index (χ4n) is 4.87. The minimum Gasteiger partial charge on any atom is -0.493 e. The first-order valence-electron chi connectivity index (χ1n) is 11.2. The summed E-state index contributed by atoms with van der Waals surface area (Å²) in [5, 5.41) is 0. The third kappa shape index (κ3) is 3.46. The Kier molecular flexibility index (Phi) is 6.02. The van der Waals surface area contributed by atoms with E-state index < -0.39 is 6.04 Å². The van der Waals surface area contributed by atoms with Crippen molar-refractivity contribution in [1.29, 1.82) is 0 Å². The molecule has 0 N–H and O–H groups in total. The number of likely N-dealkylation sites (N-methyl/N-ethyl adjacent to an activating group) is 1. The number of rotatable bonds is 7. The summed E-state index contributed by atoms with van der Waals surface area (Å²) in [6.07, 6.45) is 5.62. The van der Waals surface area contributed by atoms with Crippen molar-refractivity contribution in [3.05, 3.63) is 35.1 Å². The molecule has 0 bridgehead atoms. The van der Waals surface area contributed by atoms with E-state index in [1.807, 2.05) is 25.1 Å². The molecule has 3 aliphatic rings. The standard InChI is InChI=1S/C24H31NO5/c1-4-6-13-29-18-12-11-15(14-19(18)28-3)21-20-22(26)16-9-7-8-10-17(16)30-23(20)24(27)25(21)5-2/h11-12,14,16-17,21H,4-10,13H2,1-3H3. The first kappa shape index (κ1) is 20.8. The second kappa shape index (κ2) is 8.70. The number of Topliss-reactive ketones (excluding diaryl/α,β-unsaturated/α-hetero) is 1. The molecule has 3 unspecified atom stereocenters. The molecule has 1 fully saturated rings. The van der Waals surface area contributed by atoms with Gasteiger partial charge in [0.2, 0.25) is 0 Å². The van der Waals surface area contributed by atoms with Crippen LogP contribution in [0, 0.1) is 5.92 Å². The highest BCUT2D eigenvalue weighted by Gasteiger charge is 2.51. The predicted octanol–water partition coefficient (Wildman–Crippen LogP) is 4.19. The van der Waals surface area contributed by atoms with Gasteiger partial charge in [0.1, 0.15) is 6.10 Å². The molecule has 0 saturated heterocycles. The van der Waals surface area contributed by atoms with Crippen LogP contribution in [0.5, 0.6) is 11.5 Å². The smallest absolute Gasteiger partial charge is 0.290 e. The summed E-state index contributed by atoms with van der Waals surface area (Å²) in [7, 11) is 1.61. The minimum absolute atomic E-state index is 0.0810. The monoisotopic (exact) mass is 413 g/mol. The van der Waals surface area contributed by atoms with E-state index in [2.05, 4.69) is 6.92 Å². The Morgan fingerprint density at radius 3 is 2.67 bits per heavy atom. The van der Waals surface area contributed by atoms with Crippen LogP contribution in [0.4, 0.5) is 0 Å². The molecule has 3 atom stereocenters. The number of ether oxygens (including phenoxy) is 3. The molecule has 4 rings (SSSR count). The fourth-order valence-corrected chi connectivity index (χ4v) is 4.87. The Morgan fingerprint density at radius 1 is 1.13 bits per heavy atom. The third-order valence-electron chi connectivity index (χ3n) is 6.46. The maximum Gasteiger partial charge on any atom is 0.290 e. The second-order valence-corrected chi connectivity index (χ2v) is 8.26. The van der Waals surface area contributed by atoms with Gasteiger partial charge in [0.25, 0.3) is 5.91 Å². The zero-order chi connectivity index (χ0) is 21.3. The summed E-state index contributed by atoms with van der Waals surface area (Å²) in [5.74, 6) is 1.31. The molecule has 1 saturated carbocycles. The van der Waals surface area contributed by atoms with Crippen molar-refractivity contribution in [2.75, 3.05) is 20.3 Å². The number of ketones is 1. The predicted molar refractivity (Wildman–Crippen MR) is 112 cm³/mol. The van der Waals surface area contributed by atoms with Crippen LogP contribution >= 0.6 is 0 Å². The van der Waals surface area contributed by atoms with Crippen LogP contribution in [0.3, 0.4) is 0 Å². The van der Waals surface area contributed by atoms with Crippen molar-refractivity contribution in [2.24, 2.45) is 5.92 Å². The molecule has 0 spiro atoms. The van der Waals surface area contributed by atoms with Crippen molar-refractivity contribution in [1.82, 2.24) is 4.90 Å². The van der Waals surface area contributed by atoms with Crippen LogP contribution in [0.2, 0.25) is 0 Å². The van der Waals surface area contributed by atoms with Crippen LogP contribution in [0.15, 0.2) is 29.5 Å². The minimum atomic E-state index is -0.438. The highest BCUT2D eigenvalue weighted by Crippen LogP contribution is 2.47. The lowest BCUT2D eigenvalue weighted by Crippen LogP contribution is -2.39. The van der Waals surface area contributed by atoms with Gasteiger partial charge in [0.15, 0.2) is 23.0 Å². The summed E-state index contributed by atoms with van der Waals surface area (Å²) in [5.41, 5.74) is 1.37. The Balaban J connectivity index is 1.70. The lowest BCUT2D eigenvalue weighted by atomic mass is 9.77. The number of fused-ring (bicyclic) bond motifs is 1. The highest BCUT2D eigenvalue weighted by molar-refractivity contribution is 6.11. The van der Waals surface area contributed by atoms with E-state index in [0.29, 0.717) is 30.2 Å². The van der Waals surface area contributed by atoms with Gasteiger partial charge in [0.05, 0.1) is 31.2 Å². The molecule has 162 valence electrons. The van der Waals surface area contributed by atoms with Gasteiger partial charge in [-0.05, 0) is 50.3 Å². The van der Waals surface area contributed by atoms with E-state index in [0.717, 1.165) is 44.1 Å². The zero-order valence-electron chi connectivity index (χ0n) is 18.1. The molecule has 2 aliphatic heterocycles. The van der Waals surface area contributed by atoms with Gasteiger partial charge in [-0.3, -0.25) is 9.59 Å². The SMILES string of the molecule is CCCCOc1ccc(C2C3=C(OC4CCCCC4C3=O)C(=O)N2CC)cc1OC. The van der Waals surface area contributed by atoms with E-state index in [1.54, 1.807) is 12.0 Å². The van der Waals surface area contributed by atoms with Crippen LogP contribution in [0.1, 0.15) is 64.0 Å². The van der Waals surface area contributed by atoms with Crippen molar-refractivity contribution in [3.63, 3.8) is 0 Å². The molecule has 2 heterocycles. The van der Waals surface area contributed by atoms with Gasteiger partial charge in [-0.2, -0.15) is 0 Å². The molecule has 6 nitrogen and oxygen atoms in total. The molecule has 6 heteroatoms. The van der Waals surface area contributed by atoms with Gasteiger partial charge in [-0.1, -0.05) is 25.8 Å². The summed E-state index contributed by atoms with van der Waals surface area (Å²) in [6, 6.07) is 5.25. The molecular formula is C24H31NO5. The van der Waals surface area contributed by atoms with Crippen molar-refractivity contribution in [3.8, 4) is 11.5 Å². The van der Waals surface area contributed by atoms with Gasteiger partial charge in [0, 0.05) is 6.54 Å². The first-order valence-corrected chi connectivity index (χ1v) is 11.2. The topological polar surface area (TPSA) is 65.1 Å². The highest BCUT2D eigenvalue weighted by atomic mass is 16.5. The molecule has 1 aliphatic carbocycles. The number of hydrogen-bond donors (Lipinski definition) is 0. The normalized spacial score (nSPS) is 25.7. The molecule has 0 radical (unpaired) electrons. The average Bonchev–Trinajstić information content (AvgIpc) is 3.06. The van der Waals surface area contributed by atoms with Gasteiger partial charge in [-0.25, -0.2) is 0 Å². The van der Waals surface area contributed by atoms with E-state index in [4.69, 9.17) is 14.2 Å². The maximum atomic E-state index is 13.5. The van der Waals surface area contributed by atoms with Gasteiger partial charge < -0.3 is 19.1 Å². The van der Waals surface area contributed by atoms with Crippen LogP contribution in [-0.2, 0) is 14.3 Å². The van der Waals surface area contributed by atoms with Crippen LogP contribution in [0.25, 0.3) is 0 Å². The number of benzene rings is 1. The number of amides is 1. The van der Waals surface area contributed by atoms with Crippen LogP contribution in [-0.4, -0.2) is 43.0 Å². The second-order valence-electron chi connectivity index (χ2n) is 8.26. The Morgan fingerprint density at radius 2 is 1.93 bits per heavy atom. The van der Waals surface area contributed by atoms with Crippen LogP contribution < -0.4 is 9.47 Å². The third-order valence-corrected chi connectivity index (χ3v) is 6.46. The molecule has 0 aromatic heterocycles. The molecule has 30 heavy (non-hydrogen) atoms. The van der Waals surface area contributed by atoms with Gasteiger partial charge in [-0.15, -0.1) is 0 Å². The average molecular weight is 414 g/mol. The largest absolute Gasteiger partial charge is 0.493 e. The lowest BCUT2D eigenvalue weighted by molar-refractivity contribution is -0.135. The lowest BCUT2D eigenvalue weighted by Gasteiger charge is -2.35. The molecule has 1 aromatic rings. The van der Waals surface area contributed by atoms with E-state index in [-0.39, 0.29) is 29.5 Å². The quantitative estimate of drug-likeness (QED) is 0.627.